The summed E-state index contributed by atoms with van der Waals surface area (Å²) in [5.74, 6) is -1.84. The van der Waals surface area contributed by atoms with Gasteiger partial charge in [0.1, 0.15) is 16.9 Å². The summed E-state index contributed by atoms with van der Waals surface area (Å²) in [7, 11) is 2.73. The van der Waals surface area contributed by atoms with Crippen molar-refractivity contribution >= 4 is 45.9 Å². The van der Waals surface area contributed by atoms with Gasteiger partial charge in [-0.05, 0) is 25.1 Å². The molecule has 1 amide bonds. The minimum atomic E-state index is -4.95. The third-order valence-corrected chi connectivity index (χ3v) is 7.07. The van der Waals surface area contributed by atoms with Gasteiger partial charge >= 0.3 is 18.0 Å². The molecule has 4 aromatic rings. The van der Waals surface area contributed by atoms with Gasteiger partial charge in [-0.15, -0.1) is 24.5 Å². The Labute approximate surface area is 236 Å². The number of carbonyl (C=O) groups is 2. The number of aromatic nitrogens is 3. The van der Waals surface area contributed by atoms with Gasteiger partial charge in [0.2, 0.25) is 5.71 Å². The maximum Gasteiger partial charge on any atom is 0.573 e. The van der Waals surface area contributed by atoms with Crippen LogP contribution in [0.25, 0.3) is 22.4 Å². The Morgan fingerprint density at radius 3 is 2.54 bits per heavy atom. The lowest BCUT2D eigenvalue weighted by atomic mass is 10.1. The Hall–Kier alpha value is -4.15. The lowest BCUT2D eigenvalue weighted by Crippen LogP contribution is -2.36. The molecule has 1 aromatic carbocycles. The van der Waals surface area contributed by atoms with Gasteiger partial charge in [0.15, 0.2) is 11.5 Å². The molecule has 0 bridgehead atoms. The van der Waals surface area contributed by atoms with Crippen molar-refractivity contribution in [1.82, 2.24) is 13.7 Å². The number of alkyl halides is 3. The Kier molecular flexibility index (Phi) is 8.28. The van der Waals surface area contributed by atoms with E-state index in [-0.39, 0.29) is 38.7 Å². The van der Waals surface area contributed by atoms with Crippen molar-refractivity contribution in [3.05, 3.63) is 65.6 Å². The molecule has 17 heteroatoms. The van der Waals surface area contributed by atoms with E-state index in [1.807, 2.05) is 0 Å². The number of aryl methyl sites for hydroxylation is 2. The molecule has 12 nitrogen and oxygen atoms in total. The maximum absolute atomic E-state index is 13.1. The van der Waals surface area contributed by atoms with Crippen LogP contribution in [0.3, 0.4) is 0 Å². The number of esters is 1. The summed E-state index contributed by atoms with van der Waals surface area (Å²) in [6.45, 7) is 0.679. The van der Waals surface area contributed by atoms with Gasteiger partial charge in [-0.2, -0.15) is 4.99 Å². The molecule has 3 aromatic heterocycles. The zero-order valence-electron chi connectivity index (χ0n) is 21.6. The smallest absolute Gasteiger partial charge is 0.444 e. The quantitative estimate of drug-likeness (QED) is 0.311. The van der Waals surface area contributed by atoms with Gasteiger partial charge in [0.25, 0.3) is 11.5 Å². The molecule has 0 radical (unpaired) electrons. The molecule has 218 valence electrons. The van der Waals surface area contributed by atoms with Gasteiger partial charge in [0, 0.05) is 30.6 Å². The number of hydrogen-bond acceptors (Lipinski definition) is 9. The molecule has 4 rings (SSSR count). The molecule has 0 aliphatic carbocycles. The first kappa shape index (κ1) is 29.8. The average Bonchev–Trinajstić information content (AvgIpc) is 3.45. The zero-order valence-corrected chi connectivity index (χ0v) is 23.1. The van der Waals surface area contributed by atoms with E-state index in [1.54, 1.807) is 0 Å². The zero-order chi connectivity index (χ0) is 30.2. The highest BCUT2D eigenvalue weighted by Crippen LogP contribution is 2.34. The van der Waals surface area contributed by atoms with E-state index in [0.717, 1.165) is 26.5 Å². The summed E-state index contributed by atoms with van der Waals surface area (Å²) >= 11 is 6.97. The molecule has 0 unspecified atom stereocenters. The Bertz CT molecular complexity index is 1870. The molecule has 2 N–H and O–H groups in total. The lowest BCUT2D eigenvalue weighted by Gasteiger charge is -2.13. The minimum absolute atomic E-state index is 0.00963. The van der Waals surface area contributed by atoms with Crippen LogP contribution in [0, 0.1) is 6.92 Å². The van der Waals surface area contributed by atoms with Crippen LogP contribution in [-0.2, 0) is 41.6 Å². The van der Waals surface area contributed by atoms with E-state index >= 15 is 0 Å². The summed E-state index contributed by atoms with van der Waals surface area (Å²) < 4.78 is 55.9. The van der Waals surface area contributed by atoms with Gasteiger partial charge in [-0.1, -0.05) is 11.6 Å². The fourth-order valence-corrected chi connectivity index (χ4v) is 5.07. The first-order valence-electron chi connectivity index (χ1n) is 11.6. The third-order valence-electron chi connectivity index (χ3n) is 5.91. The number of nitrogens with zero attached hydrogens (tertiary/aromatic N) is 4. The van der Waals surface area contributed by atoms with Crippen molar-refractivity contribution in [2.24, 2.45) is 24.8 Å². The van der Waals surface area contributed by atoms with Crippen LogP contribution in [0.5, 0.6) is 5.75 Å². The molecule has 0 saturated heterocycles. The summed E-state index contributed by atoms with van der Waals surface area (Å²) in [4.78, 5) is 54.0. The summed E-state index contributed by atoms with van der Waals surface area (Å²) in [5, 5.41) is 1.25. The summed E-state index contributed by atoms with van der Waals surface area (Å²) in [6.07, 6.45) is -5.31. The predicted molar refractivity (Wildman–Crippen MR) is 140 cm³/mol. The minimum Gasteiger partial charge on any atom is -0.444 e. The fourth-order valence-electron chi connectivity index (χ4n) is 3.93. The largest absolute Gasteiger partial charge is 0.573 e. The van der Waals surface area contributed by atoms with E-state index in [0.29, 0.717) is 11.3 Å². The molecule has 3 heterocycles. The molecule has 0 atom stereocenters. The number of benzene rings is 1. The molecular formula is C24H21ClF3N5O7S. The van der Waals surface area contributed by atoms with Crippen LogP contribution in [0.15, 0.2) is 42.6 Å². The van der Waals surface area contributed by atoms with Crippen molar-refractivity contribution in [3.8, 4) is 17.0 Å². The monoisotopic (exact) mass is 615 g/mol. The number of hydrogen-bond donors (Lipinski definition) is 1. The number of ether oxygens (including phenoxy) is 2. The van der Waals surface area contributed by atoms with Crippen LogP contribution in [0.2, 0.25) is 5.02 Å². The highest BCUT2D eigenvalue weighted by Gasteiger charge is 2.32. The number of halogens is 4. The fraction of sp³-hybridized carbons (Fsp3) is 0.292. The Morgan fingerprint density at radius 1 is 1.20 bits per heavy atom. The standard InChI is InChI=1S/C24H21ClF3N5O7S/c1-11-13(19-20(36)31(2)23(37)32(3)21(19)39-11)7-17(34)30-22-33(10-38-18(35)8-29)15(9-41-22)12-4-5-16(14(25)6-12)40-24(26,27)28/h4-6,9H,7-8,10,29H2,1-3H3/b30-22-. The highest BCUT2D eigenvalue weighted by molar-refractivity contribution is 7.07. The highest BCUT2D eigenvalue weighted by atomic mass is 35.5. The van der Waals surface area contributed by atoms with Gasteiger partial charge < -0.3 is 19.6 Å². The first-order chi connectivity index (χ1) is 19.2. The normalized spacial score (nSPS) is 12.2. The number of rotatable bonds is 7. The van der Waals surface area contributed by atoms with E-state index < -0.39 is 48.5 Å². The molecule has 0 saturated carbocycles. The van der Waals surface area contributed by atoms with Crippen molar-refractivity contribution in [1.29, 1.82) is 0 Å². The first-order valence-corrected chi connectivity index (χ1v) is 12.8. The molecular weight excluding hydrogens is 595 g/mol. The van der Waals surface area contributed by atoms with Crippen LogP contribution >= 0.6 is 22.9 Å². The van der Waals surface area contributed by atoms with Crippen molar-refractivity contribution in [2.75, 3.05) is 6.54 Å². The number of amides is 1. The van der Waals surface area contributed by atoms with E-state index in [1.165, 1.54) is 43.1 Å². The number of fused-ring (bicyclic) bond motifs is 1. The summed E-state index contributed by atoms with van der Waals surface area (Å²) in [6, 6.07) is 3.52. The van der Waals surface area contributed by atoms with Gasteiger partial charge in [0.05, 0.1) is 23.7 Å². The maximum atomic E-state index is 13.1. The molecule has 0 spiro atoms. The van der Waals surface area contributed by atoms with Gasteiger partial charge in [-0.3, -0.25) is 28.1 Å². The van der Waals surface area contributed by atoms with Crippen molar-refractivity contribution in [2.45, 2.75) is 26.4 Å². The number of furan rings is 1. The number of carbonyl (C=O) groups excluding carboxylic acids is 2. The van der Waals surface area contributed by atoms with Crippen LogP contribution in [0.1, 0.15) is 11.3 Å². The second-order valence-corrected chi connectivity index (χ2v) is 9.82. The van der Waals surface area contributed by atoms with Crippen LogP contribution < -0.4 is 26.5 Å². The number of thiazole rings is 1. The van der Waals surface area contributed by atoms with E-state index in [4.69, 9.17) is 26.5 Å². The van der Waals surface area contributed by atoms with E-state index in [9.17, 15) is 32.3 Å². The molecule has 41 heavy (non-hydrogen) atoms. The molecule has 0 aliphatic rings. The summed E-state index contributed by atoms with van der Waals surface area (Å²) in [5.41, 5.74) is 4.93. The Balaban J connectivity index is 1.76. The molecule has 0 aliphatic heterocycles. The van der Waals surface area contributed by atoms with Gasteiger partial charge in [-0.25, -0.2) is 4.79 Å². The number of nitrogens with two attached hydrogens (primary N) is 1. The second kappa shape index (κ2) is 11.4. The van der Waals surface area contributed by atoms with Crippen molar-refractivity contribution < 1.29 is 36.7 Å². The van der Waals surface area contributed by atoms with Crippen LogP contribution in [0.4, 0.5) is 13.2 Å². The third kappa shape index (κ3) is 6.13. The van der Waals surface area contributed by atoms with E-state index in [2.05, 4.69) is 9.73 Å². The Morgan fingerprint density at radius 2 is 1.90 bits per heavy atom. The SMILES string of the molecule is Cc1oc2c(c1CC(=O)/N=c1\scc(-c3ccc(OC(F)(F)F)c(Cl)c3)n1COC(=O)CN)c(=O)n(C)c(=O)n2C. The topological polar surface area (TPSA) is 153 Å². The molecule has 0 fully saturated rings. The lowest BCUT2D eigenvalue weighted by molar-refractivity contribution is -0.274. The average molecular weight is 616 g/mol. The second-order valence-electron chi connectivity index (χ2n) is 8.58. The predicted octanol–water partition coefficient (Wildman–Crippen LogP) is 2.35. The van der Waals surface area contributed by atoms with Crippen molar-refractivity contribution in [3.63, 3.8) is 0 Å². The van der Waals surface area contributed by atoms with Crippen LogP contribution in [-0.4, -0.2) is 38.5 Å².